The Balaban J connectivity index is 2.93. The number of nitrogens with zero attached hydrogens (tertiary/aromatic N) is 2. The Labute approximate surface area is 118 Å². The number of nitro groups is 1. The standard InChI is InChI=1S/C13H20N4O3/c1-13(2,3)16-12(14)15-8-9-7-10(17(18)19)5-6-11(9)20-4/h5-7H,8H2,1-4H3,(H3,14,15,16). The lowest BCUT2D eigenvalue weighted by Gasteiger charge is -2.21. The SMILES string of the molecule is COc1ccc([N+](=O)[O-])cc1CN=C(N)NC(C)(C)C. The highest BCUT2D eigenvalue weighted by Gasteiger charge is 2.12. The Morgan fingerprint density at radius 3 is 2.65 bits per heavy atom. The maximum absolute atomic E-state index is 10.8. The van der Waals surface area contributed by atoms with Gasteiger partial charge in [0, 0.05) is 23.2 Å². The van der Waals surface area contributed by atoms with Crippen LogP contribution in [0.2, 0.25) is 0 Å². The van der Waals surface area contributed by atoms with E-state index in [9.17, 15) is 10.1 Å². The molecule has 1 rings (SSSR count). The summed E-state index contributed by atoms with van der Waals surface area (Å²) in [5, 5.41) is 13.8. The monoisotopic (exact) mass is 280 g/mol. The number of hydrogen-bond acceptors (Lipinski definition) is 4. The fraction of sp³-hybridized carbons (Fsp3) is 0.462. The van der Waals surface area contributed by atoms with Crippen LogP contribution in [-0.2, 0) is 6.54 Å². The minimum absolute atomic E-state index is 0.00153. The van der Waals surface area contributed by atoms with Gasteiger partial charge in [-0.3, -0.25) is 10.1 Å². The van der Waals surface area contributed by atoms with Gasteiger partial charge in [-0.1, -0.05) is 0 Å². The average molecular weight is 280 g/mol. The first-order chi connectivity index (χ1) is 9.23. The van der Waals surface area contributed by atoms with Crippen molar-refractivity contribution in [1.29, 1.82) is 0 Å². The maximum atomic E-state index is 10.8. The molecule has 0 aliphatic heterocycles. The first-order valence-electron chi connectivity index (χ1n) is 6.12. The topological polar surface area (TPSA) is 103 Å². The number of nitrogens with two attached hydrogens (primary N) is 1. The Kier molecular flexibility index (Phi) is 4.90. The van der Waals surface area contributed by atoms with Crippen LogP contribution in [0.3, 0.4) is 0 Å². The molecule has 0 aliphatic carbocycles. The Hall–Kier alpha value is -2.31. The van der Waals surface area contributed by atoms with Crippen molar-refractivity contribution in [3.05, 3.63) is 33.9 Å². The molecule has 1 aromatic rings. The number of non-ortho nitro benzene ring substituents is 1. The number of guanidine groups is 1. The van der Waals surface area contributed by atoms with Crippen LogP contribution in [0.15, 0.2) is 23.2 Å². The third-order valence-corrected chi connectivity index (χ3v) is 2.40. The highest BCUT2D eigenvalue weighted by molar-refractivity contribution is 5.78. The van der Waals surface area contributed by atoms with Crippen molar-refractivity contribution in [2.75, 3.05) is 7.11 Å². The van der Waals surface area contributed by atoms with Crippen LogP contribution in [-0.4, -0.2) is 23.5 Å². The fourth-order valence-electron chi connectivity index (χ4n) is 1.60. The lowest BCUT2D eigenvalue weighted by molar-refractivity contribution is -0.384. The molecule has 0 spiro atoms. The fourth-order valence-corrected chi connectivity index (χ4v) is 1.60. The van der Waals surface area contributed by atoms with Gasteiger partial charge in [-0.25, -0.2) is 4.99 Å². The summed E-state index contributed by atoms with van der Waals surface area (Å²) in [6, 6.07) is 4.38. The highest BCUT2D eigenvalue weighted by atomic mass is 16.6. The average Bonchev–Trinajstić information content (AvgIpc) is 2.33. The Morgan fingerprint density at radius 2 is 2.15 bits per heavy atom. The summed E-state index contributed by atoms with van der Waals surface area (Å²) in [4.78, 5) is 14.5. The molecule has 0 bridgehead atoms. The van der Waals surface area contributed by atoms with Gasteiger partial charge in [-0.2, -0.15) is 0 Å². The van der Waals surface area contributed by atoms with Crippen LogP contribution in [0.1, 0.15) is 26.3 Å². The van der Waals surface area contributed by atoms with Crippen LogP contribution < -0.4 is 15.8 Å². The normalized spacial score (nSPS) is 12.1. The van der Waals surface area contributed by atoms with E-state index in [0.717, 1.165) is 0 Å². The number of methoxy groups -OCH3 is 1. The van der Waals surface area contributed by atoms with E-state index in [1.54, 1.807) is 6.07 Å². The molecular formula is C13H20N4O3. The number of rotatable bonds is 4. The summed E-state index contributed by atoms with van der Waals surface area (Å²) in [7, 11) is 1.51. The van der Waals surface area contributed by atoms with Gasteiger partial charge in [-0.15, -0.1) is 0 Å². The van der Waals surface area contributed by atoms with E-state index in [1.165, 1.54) is 19.2 Å². The summed E-state index contributed by atoms with van der Waals surface area (Å²) in [6.07, 6.45) is 0. The second-order valence-corrected chi connectivity index (χ2v) is 5.33. The van der Waals surface area contributed by atoms with Gasteiger partial charge in [0.05, 0.1) is 18.6 Å². The predicted molar refractivity (Wildman–Crippen MR) is 77.9 cm³/mol. The van der Waals surface area contributed by atoms with Gasteiger partial charge in [0.1, 0.15) is 5.75 Å². The van der Waals surface area contributed by atoms with E-state index in [2.05, 4.69) is 10.3 Å². The lowest BCUT2D eigenvalue weighted by Crippen LogP contribution is -2.44. The summed E-state index contributed by atoms with van der Waals surface area (Å²) >= 11 is 0. The first kappa shape index (κ1) is 15.7. The summed E-state index contributed by atoms with van der Waals surface area (Å²) in [6.45, 7) is 6.09. The van der Waals surface area contributed by atoms with E-state index >= 15 is 0 Å². The maximum Gasteiger partial charge on any atom is 0.270 e. The quantitative estimate of drug-likeness (QED) is 0.379. The van der Waals surface area contributed by atoms with Gasteiger partial charge >= 0.3 is 0 Å². The first-order valence-corrected chi connectivity index (χ1v) is 6.12. The molecule has 7 heteroatoms. The molecule has 3 N–H and O–H groups in total. The molecule has 0 saturated carbocycles. The van der Waals surface area contributed by atoms with Crippen LogP contribution >= 0.6 is 0 Å². The minimum Gasteiger partial charge on any atom is -0.496 e. The van der Waals surface area contributed by atoms with Crippen LogP contribution in [0, 0.1) is 10.1 Å². The van der Waals surface area contributed by atoms with E-state index in [-0.39, 0.29) is 23.7 Å². The van der Waals surface area contributed by atoms with E-state index in [1.807, 2.05) is 20.8 Å². The van der Waals surface area contributed by atoms with E-state index in [4.69, 9.17) is 10.5 Å². The van der Waals surface area contributed by atoms with E-state index in [0.29, 0.717) is 11.3 Å². The van der Waals surface area contributed by atoms with Crippen molar-refractivity contribution in [3.63, 3.8) is 0 Å². The van der Waals surface area contributed by atoms with Crippen molar-refractivity contribution in [3.8, 4) is 5.75 Å². The minimum atomic E-state index is -0.455. The van der Waals surface area contributed by atoms with Crippen LogP contribution in [0.5, 0.6) is 5.75 Å². The summed E-state index contributed by atoms with van der Waals surface area (Å²) < 4.78 is 5.16. The second kappa shape index (κ2) is 6.23. The molecule has 110 valence electrons. The summed E-state index contributed by atoms with van der Waals surface area (Å²) in [5.41, 5.74) is 6.18. The molecule has 0 fully saturated rings. The molecule has 0 aromatic heterocycles. The third kappa shape index (κ3) is 4.75. The number of aliphatic imine (C=N–C) groups is 1. The Bertz CT molecular complexity index is 521. The van der Waals surface area contributed by atoms with Crippen molar-refractivity contribution < 1.29 is 9.66 Å². The summed E-state index contributed by atoms with van der Waals surface area (Å²) in [5.74, 6) is 0.828. The molecule has 1 aromatic carbocycles. The number of hydrogen-bond donors (Lipinski definition) is 2. The number of nitro benzene ring substituents is 1. The molecule has 0 aliphatic rings. The van der Waals surface area contributed by atoms with Gasteiger partial charge < -0.3 is 15.8 Å². The molecule has 0 unspecified atom stereocenters. The highest BCUT2D eigenvalue weighted by Crippen LogP contribution is 2.24. The van der Waals surface area contributed by atoms with E-state index < -0.39 is 4.92 Å². The number of benzene rings is 1. The second-order valence-electron chi connectivity index (χ2n) is 5.33. The van der Waals surface area contributed by atoms with Crippen molar-refractivity contribution >= 4 is 11.6 Å². The largest absolute Gasteiger partial charge is 0.496 e. The van der Waals surface area contributed by atoms with Crippen molar-refractivity contribution in [2.24, 2.45) is 10.7 Å². The molecule has 20 heavy (non-hydrogen) atoms. The zero-order valence-electron chi connectivity index (χ0n) is 12.1. The number of ether oxygens (including phenoxy) is 1. The molecule has 7 nitrogen and oxygen atoms in total. The molecule has 0 amide bonds. The smallest absolute Gasteiger partial charge is 0.270 e. The molecule has 0 atom stereocenters. The number of nitrogens with one attached hydrogen (secondary N) is 1. The zero-order valence-corrected chi connectivity index (χ0v) is 12.1. The van der Waals surface area contributed by atoms with Crippen LogP contribution in [0.25, 0.3) is 0 Å². The Morgan fingerprint density at radius 1 is 1.50 bits per heavy atom. The molecular weight excluding hydrogens is 260 g/mol. The van der Waals surface area contributed by atoms with Gasteiger partial charge in [-0.05, 0) is 26.8 Å². The molecule has 0 radical (unpaired) electrons. The third-order valence-electron chi connectivity index (χ3n) is 2.40. The molecule has 0 saturated heterocycles. The van der Waals surface area contributed by atoms with Gasteiger partial charge in [0.25, 0.3) is 5.69 Å². The van der Waals surface area contributed by atoms with Crippen molar-refractivity contribution in [2.45, 2.75) is 32.9 Å². The van der Waals surface area contributed by atoms with Crippen molar-refractivity contribution in [1.82, 2.24) is 5.32 Å². The zero-order chi connectivity index (χ0) is 15.3. The lowest BCUT2D eigenvalue weighted by atomic mass is 10.1. The van der Waals surface area contributed by atoms with Crippen LogP contribution in [0.4, 0.5) is 5.69 Å². The predicted octanol–water partition coefficient (Wildman–Crippen LogP) is 1.81. The van der Waals surface area contributed by atoms with Gasteiger partial charge in [0.15, 0.2) is 5.96 Å². The molecule has 0 heterocycles. The van der Waals surface area contributed by atoms with Gasteiger partial charge in [0.2, 0.25) is 0 Å².